The molecule has 2 aromatic rings. The van der Waals surface area contributed by atoms with E-state index in [9.17, 15) is 13.5 Å². The summed E-state index contributed by atoms with van der Waals surface area (Å²) in [5, 5.41) is 9.85. The van der Waals surface area contributed by atoms with Crippen molar-refractivity contribution in [2.24, 2.45) is 0 Å². The Balaban J connectivity index is 2.73. The number of aliphatic hydroxyl groups excluding tert-OH is 1. The van der Waals surface area contributed by atoms with Gasteiger partial charge in [0.25, 0.3) is 0 Å². The zero-order valence-electron chi connectivity index (χ0n) is 15.0. The third-order valence-corrected chi connectivity index (χ3v) is 5.72. The van der Waals surface area contributed by atoms with Gasteiger partial charge in [-0.25, -0.2) is 0 Å². The van der Waals surface area contributed by atoms with Crippen LogP contribution in [0.4, 0.5) is 10.3 Å². The van der Waals surface area contributed by atoms with Crippen molar-refractivity contribution in [2.45, 2.75) is 26.4 Å². The standard InChI is InChI=1S/C17H23FN3O3S/c1-11(2)15-14(10-22)16(12-6-8-13(18)9-7-12)20-17(19-15)21(3)25(5,23)24-4/h6-9,11,22H,10H2,1-5H3/q+1. The molecule has 0 radical (unpaired) electrons. The van der Waals surface area contributed by atoms with Gasteiger partial charge in [-0.3, -0.25) is 0 Å². The minimum atomic E-state index is -2.78. The van der Waals surface area contributed by atoms with Crippen LogP contribution in [0.1, 0.15) is 31.0 Å². The van der Waals surface area contributed by atoms with Gasteiger partial charge in [0.05, 0.1) is 0 Å². The number of hydrogen-bond donors (Lipinski definition) is 1. The maximum atomic E-state index is 13.3. The summed E-state index contributed by atoms with van der Waals surface area (Å²) < 4.78 is 32.2. The average molecular weight is 368 g/mol. The number of anilines is 1. The molecule has 0 bridgehead atoms. The van der Waals surface area contributed by atoms with Gasteiger partial charge in [0.2, 0.25) is 0 Å². The summed E-state index contributed by atoms with van der Waals surface area (Å²) in [6.45, 7) is 3.63. The third-order valence-electron chi connectivity index (χ3n) is 3.94. The van der Waals surface area contributed by atoms with E-state index in [-0.39, 0.29) is 24.3 Å². The van der Waals surface area contributed by atoms with Crippen molar-refractivity contribution in [3.8, 4) is 11.3 Å². The van der Waals surface area contributed by atoms with Crippen LogP contribution in [0.2, 0.25) is 0 Å². The molecule has 1 unspecified atom stereocenters. The first kappa shape index (κ1) is 19.6. The van der Waals surface area contributed by atoms with E-state index in [2.05, 4.69) is 9.97 Å². The molecule has 0 fully saturated rings. The molecule has 1 heterocycles. The number of aromatic nitrogens is 2. The van der Waals surface area contributed by atoms with Crippen molar-refractivity contribution in [1.29, 1.82) is 0 Å². The molecule has 0 aliphatic carbocycles. The number of halogens is 1. The summed E-state index contributed by atoms with van der Waals surface area (Å²) >= 11 is 0. The van der Waals surface area contributed by atoms with Crippen LogP contribution in [-0.2, 0) is 14.8 Å². The van der Waals surface area contributed by atoms with E-state index in [4.69, 9.17) is 4.18 Å². The number of hydrogen-bond acceptors (Lipinski definition) is 5. The second kappa shape index (κ2) is 7.65. The topological polar surface area (TPSA) is 78.4 Å². The van der Waals surface area contributed by atoms with Gasteiger partial charge in [-0.1, -0.05) is 0 Å². The molecule has 2 rings (SSSR count). The van der Waals surface area contributed by atoms with Crippen molar-refractivity contribution in [3.05, 3.63) is 41.3 Å². The van der Waals surface area contributed by atoms with E-state index in [1.54, 1.807) is 19.2 Å². The Kier molecular flexibility index (Phi) is 5.99. The van der Waals surface area contributed by atoms with Crippen LogP contribution < -0.4 is 4.31 Å². The molecular weight excluding hydrogens is 345 g/mol. The second-order valence-corrected chi connectivity index (χ2v) is 8.30. The predicted molar refractivity (Wildman–Crippen MR) is 97.1 cm³/mol. The Morgan fingerprint density at radius 3 is 2.36 bits per heavy atom. The van der Waals surface area contributed by atoms with Gasteiger partial charge in [0, 0.05) is 0 Å². The van der Waals surface area contributed by atoms with Gasteiger partial charge in [-0.15, -0.1) is 0 Å². The van der Waals surface area contributed by atoms with Gasteiger partial charge < -0.3 is 0 Å². The minimum absolute atomic E-state index is 0.00644. The normalized spacial score (nSPS) is 13.7. The van der Waals surface area contributed by atoms with E-state index in [1.165, 1.54) is 29.8 Å². The van der Waals surface area contributed by atoms with Crippen LogP contribution in [0, 0.1) is 5.82 Å². The first-order chi connectivity index (χ1) is 11.7. The van der Waals surface area contributed by atoms with Crippen molar-refractivity contribution in [1.82, 2.24) is 9.97 Å². The summed E-state index contributed by atoms with van der Waals surface area (Å²) in [5.74, 6) is -0.137. The molecule has 1 aromatic heterocycles. The molecule has 1 N–H and O–H groups in total. The number of benzene rings is 1. The fourth-order valence-corrected chi connectivity index (χ4v) is 2.97. The van der Waals surface area contributed by atoms with E-state index < -0.39 is 10.2 Å². The van der Waals surface area contributed by atoms with E-state index in [1.807, 2.05) is 13.8 Å². The summed E-state index contributed by atoms with van der Waals surface area (Å²) in [5.41, 5.74) is 2.34. The monoisotopic (exact) mass is 368 g/mol. The van der Waals surface area contributed by atoms with E-state index in [0.29, 0.717) is 22.5 Å². The van der Waals surface area contributed by atoms with Crippen molar-refractivity contribution in [3.63, 3.8) is 0 Å². The van der Waals surface area contributed by atoms with Gasteiger partial charge in [-0.05, 0) is 0 Å². The van der Waals surface area contributed by atoms with Crippen LogP contribution >= 0.6 is 10.2 Å². The van der Waals surface area contributed by atoms with Crippen LogP contribution in [-0.4, -0.2) is 35.5 Å². The van der Waals surface area contributed by atoms with Gasteiger partial charge in [0.1, 0.15) is 0 Å². The molecule has 1 aromatic carbocycles. The average Bonchev–Trinajstić information content (AvgIpc) is 2.60. The Morgan fingerprint density at radius 1 is 1.28 bits per heavy atom. The fourth-order valence-electron chi connectivity index (χ4n) is 2.37. The van der Waals surface area contributed by atoms with Crippen molar-refractivity contribution in [2.75, 3.05) is 24.7 Å². The SMILES string of the molecule is COS(C)(#[O+])N(C)c1nc(-c2ccc(F)cc2)c(CO)c(C(C)C)n1. The molecule has 1 atom stereocenters. The number of rotatable bonds is 4. The Bertz CT molecular complexity index is 859. The Morgan fingerprint density at radius 2 is 1.88 bits per heavy atom. The first-order valence-corrected chi connectivity index (χ1v) is 9.62. The van der Waals surface area contributed by atoms with Crippen LogP contribution in [0.25, 0.3) is 11.3 Å². The van der Waals surface area contributed by atoms with Crippen LogP contribution in [0.15, 0.2) is 24.3 Å². The van der Waals surface area contributed by atoms with Gasteiger partial charge in [0.15, 0.2) is 0 Å². The Hall–Kier alpha value is -1.74. The van der Waals surface area contributed by atoms with Crippen LogP contribution in [0.3, 0.4) is 0 Å². The molecule has 136 valence electrons. The molecule has 0 aliphatic rings. The van der Waals surface area contributed by atoms with Gasteiger partial charge in [-0.2, -0.15) is 0 Å². The molecule has 0 saturated heterocycles. The predicted octanol–water partition coefficient (Wildman–Crippen LogP) is 3.59. The zero-order valence-corrected chi connectivity index (χ0v) is 15.8. The summed E-state index contributed by atoms with van der Waals surface area (Å²) in [6.07, 6.45) is 1.45. The van der Waals surface area contributed by atoms with E-state index >= 15 is 0 Å². The zero-order chi connectivity index (χ0) is 18.8. The molecule has 6 nitrogen and oxygen atoms in total. The Labute approximate surface area is 148 Å². The summed E-state index contributed by atoms with van der Waals surface area (Å²) in [7, 11) is 0.151. The third kappa shape index (κ3) is 4.09. The fraction of sp³-hybridized carbons (Fsp3) is 0.412. The van der Waals surface area contributed by atoms with E-state index in [0.717, 1.165) is 0 Å². The van der Waals surface area contributed by atoms with Crippen molar-refractivity contribution < 1.29 is 17.7 Å². The summed E-state index contributed by atoms with van der Waals surface area (Å²) in [4.78, 5) is 8.96. The molecule has 0 amide bonds. The molecular formula is C17H23FN3O3S+. The molecule has 0 aliphatic heterocycles. The van der Waals surface area contributed by atoms with Gasteiger partial charge >= 0.3 is 148 Å². The summed E-state index contributed by atoms with van der Waals surface area (Å²) in [6, 6.07) is 5.83. The van der Waals surface area contributed by atoms with Crippen LogP contribution in [0.5, 0.6) is 0 Å². The molecule has 0 saturated carbocycles. The molecule has 8 heteroatoms. The van der Waals surface area contributed by atoms with Crippen molar-refractivity contribution >= 4 is 16.2 Å². The second-order valence-electron chi connectivity index (χ2n) is 5.95. The maximum absolute atomic E-state index is 13.3. The molecule has 25 heavy (non-hydrogen) atoms. The number of aliphatic hydroxyl groups is 1. The number of nitrogens with zero attached hydrogens (tertiary/aromatic N) is 3. The molecule has 0 spiro atoms. The quantitative estimate of drug-likeness (QED) is 0.835. The first-order valence-electron chi connectivity index (χ1n) is 7.77.